The largest absolute Gasteiger partial charge is 0.345 e. The Labute approximate surface area is 291 Å². The van der Waals surface area contributed by atoms with E-state index in [-0.39, 0.29) is 22.8 Å². The van der Waals surface area contributed by atoms with Gasteiger partial charge in [-0.3, -0.25) is 9.59 Å². The third-order valence-corrected chi connectivity index (χ3v) is 9.93. The number of nitrogens with two attached hydrogens (primary N) is 1. The van der Waals surface area contributed by atoms with Gasteiger partial charge in [0.25, 0.3) is 0 Å². The summed E-state index contributed by atoms with van der Waals surface area (Å²) in [5.41, 5.74) is 13.8. The molecule has 256 valence electrons. The average molecular weight is 659 g/mol. The molecule has 5 N–H and O–H groups in total. The van der Waals surface area contributed by atoms with Crippen molar-refractivity contribution in [2.45, 2.75) is 70.0 Å². The number of benzene rings is 4. The van der Waals surface area contributed by atoms with Crippen LogP contribution in [0.2, 0.25) is 0 Å². The first-order valence-corrected chi connectivity index (χ1v) is 17.3. The summed E-state index contributed by atoms with van der Waals surface area (Å²) in [6.45, 7) is 5.37. The fraction of sp³-hybridized carbons (Fsp3) is 0.341. The minimum Gasteiger partial charge on any atom is -0.345 e. The first kappa shape index (κ1) is 35.4. The lowest BCUT2D eigenvalue weighted by molar-refractivity contribution is -0.136. The Morgan fingerprint density at radius 2 is 1.37 bits per heavy atom. The highest BCUT2D eigenvalue weighted by molar-refractivity contribution is 5.93. The number of hydrazone groups is 1. The highest BCUT2D eigenvalue weighted by Crippen LogP contribution is 2.43. The van der Waals surface area contributed by atoms with E-state index in [1.165, 1.54) is 19.3 Å². The van der Waals surface area contributed by atoms with Crippen molar-refractivity contribution < 1.29 is 9.59 Å². The SMILES string of the molecule is CN(Cc1ccccc1)C(=O)C(NC(=O)C(c1ccccc1)c1ccccc1)c1ccc(N/C=N/NCC2(C(C)(C)N)CCCCC2)cc1. The predicted octanol–water partition coefficient (Wildman–Crippen LogP) is 6.97. The zero-order valence-corrected chi connectivity index (χ0v) is 28.9. The normalized spacial score (nSPS) is 15.0. The first-order valence-electron chi connectivity index (χ1n) is 17.3. The van der Waals surface area contributed by atoms with Gasteiger partial charge in [0.2, 0.25) is 11.8 Å². The molecule has 1 unspecified atom stereocenters. The Bertz CT molecular complexity index is 1610. The van der Waals surface area contributed by atoms with Gasteiger partial charge in [0.1, 0.15) is 12.4 Å². The third-order valence-electron chi connectivity index (χ3n) is 9.93. The van der Waals surface area contributed by atoms with Gasteiger partial charge in [0, 0.05) is 36.8 Å². The van der Waals surface area contributed by atoms with Gasteiger partial charge in [-0.15, -0.1) is 0 Å². The maximum Gasteiger partial charge on any atom is 0.249 e. The molecule has 4 aromatic rings. The molecule has 49 heavy (non-hydrogen) atoms. The fourth-order valence-corrected chi connectivity index (χ4v) is 6.85. The quantitative estimate of drug-likeness (QED) is 0.0665. The topological polar surface area (TPSA) is 112 Å². The summed E-state index contributed by atoms with van der Waals surface area (Å²) in [6, 6.07) is 35.8. The zero-order chi connectivity index (χ0) is 34.7. The van der Waals surface area contributed by atoms with Crippen LogP contribution >= 0.6 is 0 Å². The highest BCUT2D eigenvalue weighted by atomic mass is 16.2. The molecule has 1 fully saturated rings. The summed E-state index contributed by atoms with van der Waals surface area (Å²) in [4.78, 5) is 29.9. The maximum atomic E-state index is 14.2. The molecule has 8 nitrogen and oxygen atoms in total. The van der Waals surface area contributed by atoms with Crippen LogP contribution in [0.15, 0.2) is 120 Å². The molecule has 0 saturated heterocycles. The van der Waals surface area contributed by atoms with Crippen molar-refractivity contribution in [3.8, 4) is 0 Å². The van der Waals surface area contributed by atoms with Crippen molar-refractivity contribution in [2.24, 2.45) is 16.3 Å². The number of hydrogen-bond acceptors (Lipinski definition) is 5. The standard InChI is InChI=1S/C41H50N6O2/c1-40(2,42)41(26-14-7-15-27-41)29-44-45-30-43-35-24-22-34(23-25-35)37(39(49)47(3)28-31-16-8-4-9-17-31)46-38(48)36(32-18-10-5-11-19-32)33-20-12-6-13-21-33/h4-6,8-13,16-25,30,36-37,44H,7,14-15,26-29,42H2,1-3H3,(H,43,45)(H,46,48). The van der Waals surface area contributed by atoms with Crippen LogP contribution in [0.3, 0.4) is 0 Å². The number of likely N-dealkylation sites (N-methyl/N-ethyl adjacent to an activating group) is 1. The van der Waals surface area contributed by atoms with Crippen LogP contribution in [0.1, 0.15) is 80.2 Å². The summed E-state index contributed by atoms with van der Waals surface area (Å²) in [5, 5.41) is 10.8. The van der Waals surface area contributed by atoms with Gasteiger partial charge in [-0.1, -0.05) is 122 Å². The summed E-state index contributed by atoms with van der Waals surface area (Å²) in [6.07, 6.45) is 7.49. The number of rotatable bonds is 14. The number of carbonyl (C=O) groups excluding carboxylic acids is 2. The van der Waals surface area contributed by atoms with Crippen molar-refractivity contribution in [3.05, 3.63) is 138 Å². The number of hydrogen-bond donors (Lipinski definition) is 4. The number of nitrogens with one attached hydrogen (secondary N) is 3. The molecule has 1 atom stereocenters. The highest BCUT2D eigenvalue weighted by Gasteiger charge is 2.43. The van der Waals surface area contributed by atoms with Gasteiger partial charge < -0.3 is 26.7 Å². The van der Waals surface area contributed by atoms with Gasteiger partial charge in [-0.2, -0.15) is 5.10 Å². The average Bonchev–Trinajstić information content (AvgIpc) is 3.12. The minimum absolute atomic E-state index is 0.0178. The molecule has 0 heterocycles. The lowest BCUT2D eigenvalue weighted by Crippen LogP contribution is -2.56. The van der Waals surface area contributed by atoms with Gasteiger partial charge in [0.15, 0.2) is 0 Å². The molecule has 0 bridgehead atoms. The van der Waals surface area contributed by atoms with Gasteiger partial charge in [-0.25, -0.2) is 0 Å². The summed E-state index contributed by atoms with van der Waals surface area (Å²) >= 11 is 0. The van der Waals surface area contributed by atoms with E-state index in [1.54, 1.807) is 18.3 Å². The van der Waals surface area contributed by atoms with Crippen LogP contribution in [-0.2, 0) is 16.1 Å². The van der Waals surface area contributed by atoms with Gasteiger partial charge >= 0.3 is 0 Å². The van der Waals surface area contributed by atoms with Crippen LogP contribution in [0.5, 0.6) is 0 Å². The van der Waals surface area contributed by atoms with E-state index in [9.17, 15) is 9.59 Å². The second kappa shape index (κ2) is 16.4. The van der Waals surface area contributed by atoms with Crippen molar-refractivity contribution >= 4 is 23.8 Å². The summed E-state index contributed by atoms with van der Waals surface area (Å²) < 4.78 is 0. The molecule has 8 heteroatoms. The van der Waals surface area contributed by atoms with E-state index >= 15 is 0 Å². The Morgan fingerprint density at radius 1 is 0.816 bits per heavy atom. The zero-order valence-electron chi connectivity index (χ0n) is 28.9. The van der Waals surface area contributed by atoms with Gasteiger partial charge in [0.05, 0.1) is 5.92 Å². The molecule has 0 aromatic heterocycles. The van der Waals surface area contributed by atoms with E-state index in [0.717, 1.165) is 41.8 Å². The first-order chi connectivity index (χ1) is 23.7. The Hall–Kier alpha value is -4.95. The van der Waals surface area contributed by atoms with Crippen molar-refractivity contribution in [1.82, 2.24) is 15.6 Å². The molecule has 4 aromatic carbocycles. The number of amides is 2. The molecule has 0 aliphatic heterocycles. The predicted molar refractivity (Wildman–Crippen MR) is 199 cm³/mol. The molecule has 1 aliphatic rings. The molecular formula is C41H50N6O2. The van der Waals surface area contributed by atoms with Crippen molar-refractivity contribution in [3.63, 3.8) is 0 Å². The summed E-state index contributed by atoms with van der Waals surface area (Å²) in [5.74, 6) is -1.04. The lowest BCUT2D eigenvalue weighted by Gasteiger charge is -2.47. The second-order valence-corrected chi connectivity index (χ2v) is 13.8. The van der Waals surface area contributed by atoms with E-state index in [4.69, 9.17) is 5.73 Å². The Balaban J connectivity index is 1.32. The number of anilines is 1. The maximum absolute atomic E-state index is 14.2. The number of nitrogens with zero attached hydrogens (tertiary/aromatic N) is 2. The molecule has 1 aliphatic carbocycles. The van der Waals surface area contributed by atoms with E-state index in [1.807, 2.05) is 115 Å². The molecule has 0 spiro atoms. The lowest BCUT2D eigenvalue weighted by atomic mass is 9.63. The third kappa shape index (κ3) is 9.15. The molecular weight excluding hydrogens is 608 g/mol. The van der Waals surface area contributed by atoms with Crippen LogP contribution in [0.25, 0.3) is 0 Å². The van der Waals surface area contributed by atoms with E-state index in [0.29, 0.717) is 12.1 Å². The summed E-state index contributed by atoms with van der Waals surface area (Å²) in [7, 11) is 1.77. The van der Waals surface area contributed by atoms with Crippen LogP contribution in [0, 0.1) is 5.41 Å². The Morgan fingerprint density at radius 3 is 1.92 bits per heavy atom. The van der Waals surface area contributed by atoms with Crippen LogP contribution < -0.4 is 21.8 Å². The minimum atomic E-state index is -0.896. The van der Waals surface area contributed by atoms with Crippen molar-refractivity contribution in [2.75, 3.05) is 18.9 Å². The molecule has 0 radical (unpaired) electrons. The van der Waals surface area contributed by atoms with Gasteiger partial charge in [-0.05, 0) is 61.1 Å². The smallest absolute Gasteiger partial charge is 0.249 e. The Kier molecular flexibility index (Phi) is 11.9. The van der Waals surface area contributed by atoms with E-state index in [2.05, 4.69) is 35.0 Å². The van der Waals surface area contributed by atoms with E-state index < -0.39 is 12.0 Å². The monoisotopic (exact) mass is 658 g/mol. The van der Waals surface area contributed by atoms with Crippen molar-refractivity contribution in [1.29, 1.82) is 0 Å². The van der Waals surface area contributed by atoms with Crippen LogP contribution in [-0.4, -0.2) is 42.2 Å². The number of carbonyl (C=O) groups is 2. The fourth-order valence-electron chi connectivity index (χ4n) is 6.85. The second-order valence-electron chi connectivity index (χ2n) is 13.8. The van der Waals surface area contributed by atoms with Crippen LogP contribution in [0.4, 0.5) is 5.69 Å². The molecule has 1 saturated carbocycles. The molecule has 2 amide bonds. The molecule has 5 rings (SSSR count).